The normalized spacial score (nSPS) is 16.0. The summed E-state index contributed by atoms with van der Waals surface area (Å²) in [5.41, 5.74) is 6.73. The molecule has 352 valence electrons. The summed E-state index contributed by atoms with van der Waals surface area (Å²) in [7, 11) is -3.28. The lowest BCUT2D eigenvalue weighted by Gasteiger charge is -2.40. The minimum Gasteiger partial charge on any atom is -0.493 e. The lowest BCUT2D eigenvalue weighted by Crippen LogP contribution is -2.39. The fraction of sp³-hybridized carbons (Fsp3) is 0.660. The molecule has 1 aliphatic heterocycles. The Morgan fingerprint density at radius 1 is 0.871 bits per heavy atom. The lowest BCUT2D eigenvalue weighted by atomic mass is 9.64. The highest BCUT2D eigenvalue weighted by molar-refractivity contribution is 7.86. The fourth-order valence-electron chi connectivity index (χ4n) is 7.16. The number of carbonyl (C=O) groups is 1. The number of nitrogens with zero attached hydrogens (tertiary/aromatic N) is 1. The molecule has 1 heterocycles. The largest absolute Gasteiger partial charge is 0.493 e. The van der Waals surface area contributed by atoms with Gasteiger partial charge in [-0.2, -0.15) is 8.42 Å². The van der Waals surface area contributed by atoms with Gasteiger partial charge in [0.2, 0.25) is 5.91 Å². The zero-order valence-corrected chi connectivity index (χ0v) is 41.7. The third-order valence-electron chi connectivity index (χ3n) is 9.95. The second-order valence-corrected chi connectivity index (χ2v) is 21.4. The number of amides is 1. The molecule has 1 saturated heterocycles. The second kappa shape index (κ2) is 25.2. The molecule has 4 rings (SSSR count). The first-order valence-electron chi connectivity index (χ1n) is 21.9. The van der Waals surface area contributed by atoms with Crippen LogP contribution in [0.15, 0.2) is 36.9 Å². The van der Waals surface area contributed by atoms with Crippen LogP contribution in [0.5, 0.6) is 11.5 Å². The number of benzene rings is 2. The van der Waals surface area contributed by atoms with Crippen LogP contribution in [0, 0.1) is 46.0 Å². The molecule has 0 bridgehead atoms. The van der Waals surface area contributed by atoms with Crippen LogP contribution in [0.4, 0.5) is 0 Å². The van der Waals surface area contributed by atoms with E-state index in [-0.39, 0.29) is 49.2 Å². The van der Waals surface area contributed by atoms with Crippen LogP contribution in [0.25, 0.3) is 0 Å². The molecule has 0 radical (unpaired) electrons. The van der Waals surface area contributed by atoms with Gasteiger partial charge in [0, 0.05) is 42.1 Å². The summed E-state index contributed by atoms with van der Waals surface area (Å²) in [6.07, 6.45) is 12.7. The molecule has 12 heteroatoms. The number of aliphatic hydroxyl groups is 2. The number of hydrogen-bond donors (Lipinski definition) is 3. The molecule has 1 saturated carbocycles. The van der Waals surface area contributed by atoms with Gasteiger partial charge in [0.25, 0.3) is 10.1 Å². The summed E-state index contributed by atoms with van der Waals surface area (Å²) < 4.78 is 42.8. The van der Waals surface area contributed by atoms with Crippen LogP contribution < -0.4 is 14.8 Å². The van der Waals surface area contributed by atoms with Crippen molar-refractivity contribution >= 4 is 16.0 Å². The molecule has 2 atom stereocenters. The van der Waals surface area contributed by atoms with Gasteiger partial charge in [-0.3, -0.25) is 13.9 Å². The highest BCUT2D eigenvalue weighted by Crippen LogP contribution is 2.48. The number of aryl methyl sites for hydroxylation is 4. The highest BCUT2D eigenvalue weighted by atomic mass is 32.2. The Kier molecular flexibility index (Phi) is 23.0. The van der Waals surface area contributed by atoms with E-state index in [1.54, 1.807) is 20.8 Å². The molecule has 2 aromatic rings. The van der Waals surface area contributed by atoms with E-state index in [0.29, 0.717) is 12.1 Å². The third kappa shape index (κ3) is 21.8. The van der Waals surface area contributed by atoms with Crippen LogP contribution in [0.3, 0.4) is 0 Å². The van der Waals surface area contributed by atoms with Crippen molar-refractivity contribution < 1.29 is 41.8 Å². The predicted molar refractivity (Wildman–Crippen MR) is 254 cm³/mol. The Morgan fingerprint density at radius 3 is 1.61 bits per heavy atom. The predicted octanol–water partition coefficient (Wildman–Crippen LogP) is 8.52. The van der Waals surface area contributed by atoms with E-state index in [2.05, 4.69) is 99.6 Å². The van der Waals surface area contributed by atoms with E-state index in [1.165, 1.54) is 49.6 Å². The van der Waals surface area contributed by atoms with Gasteiger partial charge in [-0.1, -0.05) is 63.0 Å². The molecule has 3 N–H and O–H groups in total. The average Bonchev–Trinajstić information content (AvgIpc) is 4.00. The monoisotopic (exact) mass is 887 g/mol. The van der Waals surface area contributed by atoms with Crippen LogP contribution in [-0.4, -0.2) is 105 Å². The van der Waals surface area contributed by atoms with Gasteiger partial charge in [-0.15, -0.1) is 6.42 Å². The third-order valence-corrected chi connectivity index (χ3v) is 10.8. The number of ether oxygens (including phenoxy) is 3. The van der Waals surface area contributed by atoms with Crippen molar-refractivity contribution in [3.63, 3.8) is 0 Å². The molecule has 2 aromatic carbocycles. The minimum atomic E-state index is -3.28. The first kappa shape index (κ1) is 56.6. The van der Waals surface area contributed by atoms with Crippen LogP contribution in [0.2, 0.25) is 0 Å². The maximum Gasteiger partial charge on any atom is 0.264 e. The van der Waals surface area contributed by atoms with Crippen molar-refractivity contribution in [2.45, 2.75) is 157 Å². The Labute approximate surface area is 376 Å². The van der Waals surface area contributed by atoms with Gasteiger partial charge >= 0.3 is 0 Å². The quantitative estimate of drug-likeness (QED) is 0.0556. The summed E-state index contributed by atoms with van der Waals surface area (Å²) in [5, 5.41) is 22.3. The molecule has 1 aliphatic carbocycles. The van der Waals surface area contributed by atoms with E-state index in [0.717, 1.165) is 52.9 Å². The van der Waals surface area contributed by atoms with E-state index in [1.807, 2.05) is 27.7 Å². The number of nitrogens with one attached hydrogen (secondary N) is 1. The van der Waals surface area contributed by atoms with Crippen LogP contribution in [0.1, 0.15) is 135 Å². The summed E-state index contributed by atoms with van der Waals surface area (Å²) in [4.78, 5) is 13.0. The number of terminal acetylenes is 1. The minimum absolute atomic E-state index is 0.0542. The molecule has 1 amide bonds. The molecular weight excluding hydrogens is 805 g/mol. The first-order chi connectivity index (χ1) is 28.5. The van der Waals surface area contributed by atoms with Crippen molar-refractivity contribution in [1.29, 1.82) is 0 Å². The van der Waals surface area contributed by atoms with E-state index >= 15 is 0 Å². The van der Waals surface area contributed by atoms with Gasteiger partial charge < -0.3 is 29.7 Å². The molecular formula is C50H82N2O9S. The van der Waals surface area contributed by atoms with Crippen molar-refractivity contribution in [2.75, 3.05) is 52.4 Å². The first-order valence-corrected chi connectivity index (χ1v) is 23.7. The highest BCUT2D eigenvalue weighted by Gasteiger charge is 2.37. The lowest BCUT2D eigenvalue weighted by molar-refractivity contribution is -0.117. The van der Waals surface area contributed by atoms with E-state index in [9.17, 15) is 23.4 Å². The maximum absolute atomic E-state index is 10.6. The van der Waals surface area contributed by atoms with Crippen molar-refractivity contribution in [2.24, 2.45) is 5.92 Å². The van der Waals surface area contributed by atoms with Crippen LogP contribution >= 0.6 is 0 Å². The second-order valence-electron chi connectivity index (χ2n) is 19.8. The standard InChI is InChI=1S/C32H44O5.C7H13NO.C6H13N.C5H12O3S/c1-7-13-35-20-29(34)21-37-31-25(5)16-28(17-26(31)6)32(11-9-8-10-12-32)27-14-23(3)30(24(4)15-27)36-19-22(2)18-33;1-5-6(9)8-7(2,3)4;1-6(2,3)7-4-5-7;1-5(2,3)8-9(4,6)7/h1,14-17,22,29,33-34H,8-13,18-21H2,2-6H3;5H,1H2,2-4H3,(H,8,9);4-5H2,1-3H3;1-4H3. The van der Waals surface area contributed by atoms with E-state index < -0.39 is 21.8 Å². The number of hydrogen-bond acceptors (Lipinski definition) is 10. The van der Waals surface area contributed by atoms with Gasteiger partial charge in [-0.25, -0.2) is 0 Å². The van der Waals surface area contributed by atoms with Crippen molar-refractivity contribution in [3.05, 3.63) is 70.3 Å². The molecule has 0 spiro atoms. The Morgan fingerprint density at radius 2 is 1.32 bits per heavy atom. The average molecular weight is 887 g/mol. The molecule has 0 aromatic heterocycles. The summed E-state index contributed by atoms with van der Waals surface area (Å²) in [6.45, 7) is 35.1. The SMILES string of the molecule is C#CCOCC(O)COc1c(C)cc(C2(c3cc(C)c(OCC(C)CO)c(C)c3)CCCCC2)cc1C.C=CC(=O)NC(C)(C)C.CC(C)(C)N1CC1.CC(C)(C)OS(C)(=O)=O. The topological polar surface area (TPSA) is 144 Å². The smallest absolute Gasteiger partial charge is 0.264 e. The number of rotatable bonds is 14. The summed E-state index contributed by atoms with van der Waals surface area (Å²) in [5.74, 6) is 4.13. The molecule has 62 heavy (non-hydrogen) atoms. The Balaban J connectivity index is 0.000000617. The van der Waals surface area contributed by atoms with Gasteiger partial charge in [0.05, 0.1) is 25.1 Å². The van der Waals surface area contributed by atoms with Gasteiger partial charge in [0.1, 0.15) is 30.8 Å². The van der Waals surface area contributed by atoms with Gasteiger partial charge in [-0.05, 0) is 142 Å². The van der Waals surface area contributed by atoms with Crippen molar-refractivity contribution in [3.8, 4) is 23.8 Å². The molecule has 11 nitrogen and oxygen atoms in total. The Bertz CT molecular complexity index is 1810. The zero-order valence-electron chi connectivity index (χ0n) is 40.9. The maximum atomic E-state index is 10.6. The van der Waals surface area contributed by atoms with E-state index in [4.69, 9.17) is 20.6 Å². The van der Waals surface area contributed by atoms with Crippen LogP contribution in [-0.2, 0) is 29.2 Å². The molecule has 2 unspecified atom stereocenters. The zero-order chi connectivity index (χ0) is 47.7. The number of carbonyl (C=O) groups excluding carboxylic acids is 1. The van der Waals surface area contributed by atoms with Crippen molar-refractivity contribution in [1.82, 2.24) is 10.2 Å². The van der Waals surface area contributed by atoms with Gasteiger partial charge in [0.15, 0.2) is 0 Å². The molecule has 2 fully saturated rings. The fourth-order valence-corrected chi connectivity index (χ4v) is 8.07. The summed E-state index contributed by atoms with van der Waals surface area (Å²) in [6, 6.07) is 9.15. The Hall–Kier alpha value is -3.44. The summed E-state index contributed by atoms with van der Waals surface area (Å²) >= 11 is 0. The number of aliphatic hydroxyl groups excluding tert-OH is 2. The molecule has 2 aliphatic rings.